The van der Waals surface area contributed by atoms with Crippen LogP contribution in [0.25, 0.3) is 71.0 Å². The zero-order valence-corrected chi connectivity index (χ0v) is 57.6. The van der Waals surface area contributed by atoms with Crippen molar-refractivity contribution in [3.05, 3.63) is 358 Å². The highest BCUT2D eigenvalue weighted by atomic mass is 16.5. The quantitative estimate of drug-likeness (QED) is 0.0949. The van der Waals surface area contributed by atoms with Gasteiger partial charge < -0.3 is 60.3 Å². The molecule has 0 aliphatic carbocycles. The predicted octanol–water partition coefficient (Wildman–Crippen LogP) is 23.3. The third-order valence-electron chi connectivity index (χ3n) is 17.6. The van der Waals surface area contributed by atoms with Crippen LogP contribution >= 0.6 is 0 Å². The van der Waals surface area contributed by atoms with Crippen molar-refractivity contribution in [2.75, 3.05) is 74.6 Å². The third-order valence-corrected chi connectivity index (χ3v) is 17.6. The Kier molecular flexibility index (Phi) is 21.3. The Bertz CT molecular complexity index is 4350. The highest BCUT2D eigenvalue weighted by Gasteiger charge is 2.20. The molecule has 0 saturated heterocycles. The van der Waals surface area contributed by atoms with Crippen molar-refractivity contribution in [1.29, 1.82) is 0 Å². The van der Waals surface area contributed by atoms with Gasteiger partial charge in [0.25, 0.3) is 0 Å². The van der Waals surface area contributed by atoms with Crippen molar-refractivity contribution in [3.63, 3.8) is 0 Å². The topological polar surface area (TPSA) is 128 Å². The predicted molar refractivity (Wildman–Crippen MR) is 426 cm³/mol. The fourth-order valence-electron chi connectivity index (χ4n) is 12.5. The van der Waals surface area contributed by atoms with Crippen LogP contribution in [0.15, 0.2) is 291 Å². The molecule has 0 fully saturated rings. The lowest BCUT2D eigenvalue weighted by molar-refractivity contribution is 0.373. The Morgan fingerprint density at radius 2 is 0.265 bits per heavy atom. The maximum Gasteiger partial charge on any atom is 0.128 e. The second kappa shape index (κ2) is 32.4. The first-order valence-corrected chi connectivity index (χ1v) is 33.6. The highest BCUT2D eigenvalue weighted by molar-refractivity contribution is 5.97. The molecule has 18 rings (SSSR count). The molecular weight excluding hydrogens is 1260 g/mol. The van der Waals surface area contributed by atoms with Crippen molar-refractivity contribution >= 4 is 139 Å². The number of anilines is 12. The van der Waals surface area contributed by atoms with E-state index in [9.17, 15) is 0 Å². The van der Waals surface area contributed by atoms with Gasteiger partial charge in [-0.1, -0.05) is 182 Å². The van der Waals surface area contributed by atoms with Gasteiger partial charge in [-0.05, 0) is 146 Å². The molecule has 0 atom stereocenters. The molecule has 0 bridgehead atoms. The summed E-state index contributed by atoms with van der Waals surface area (Å²) in [5.41, 5.74) is 26.4. The second-order valence-corrected chi connectivity index (χ2v) is 23.8. The maximum absolute atomic E-state index is 5.48. The minimum atomic E-state index is 0.887. The fraction of sp³-hybridized carbons (Fsp3) is 0.0667. The number of para-hydroxylation sites is 12. The van der Waals surface area contributed by atoms with Crippen LogP contribution < -0.4 is 31.9 Å². The van der Waals surface area contributed by atoms with Gasteiger partial charge in [0.05, 0.1) is 42.7 Å². The van der Waals surface area contributed by atoms with Gasteiger partial charge >= 0.3 is 0 Å². The van der Waals surface area contributed by atoms with Crippen LogP contribution in [0.5, 0.6) is 0 Å². The van der Waals surface area contributed by atoms with Gasteiger partial charge in [0.15, 0.2) is 0 Å². The van der Waals surface area contributed by atoms with Crippen molar-refractivity contribution < 1.29 is 28.4 Å². The Labute approximate surface area is 596 Å². The molecule has 6 N–H and O–H groups in total. The minimum absolute atomic E-state index is 0.887. The molecule has 12 nitrogen and oxygen atoms in total. The lowest BCUT2D eigenvalue weighted by Gasteiger charge is -2.10. The van der Waals surface area contributed by atoms with Gasteiger partial charge in [-0.3, -0.25) is 0 Å². The summed E-state index contributed by atoms with van der Waals surface area (Å²) in [6.07, 6.45) is 12.4. The Morgan fingerprint density at radius 3 is 0.402 bits per heavy atom. The first kappa shape index (κ1) is 67.3. The molecule has 0 aromatic heterocycles. The van der Waals surface area contributed by atoms with Crippen LogP contribution in [0.1, 0.15) is 66.8 Å². The summed E-state index contributed by atoms with van der Waals surface area (Å²) in [5, 5.41) is 20.6. The number of ether oxygens (including phenoxy) is 6. The summed E-state index contributed by atoms with van der Waals surface area (Å²) in [6.45, 7) is 0. The molecule has 0 radical (unpaired) electrons. The number of fused-ring (bicyclic) bond motifs is 12. The first-order valence-electron chi connectivity index (χ1n) is 33.6. The molecular formula is C90H78N6O6. The largest absolute Gasteiger partial charge is 0.496 e. The number of hydrogen-bond donors (Lipinski definition) is 6. The molecule has 6 heterocycles. The highest BCUT2D eigenvalue weighted by Crippen LogP contribution is 2.41. The van der Waals surface area contributed by atoms with Crippen molar-refractivity contribution in [1.82, 2.24) is 0 Å². The van der Waals surface area contributed by atoms with Crippen LogP contribution in [0.4, 0.5) is 68.2 Å². The van der Waals surface area contributed by atoms with E-state index < -0.39 is 0 Å². The summed E-state index contributed by atoms with van der Waals surface area (Å²) in [6, 6.07) is 98.2. The van der Waals surface area contributed by atoms with Crippen LogP contribution in [-0.2, 0) is 28.4 Å². The minimum Gasteiger partial charge on any atom is -0.496 e. The summed E-state index contributed by atoms with van der Waals surface area (Å²) in [5.74, 6) is 5.32. The fourth-order valence-corrected chi connectivity index (χ4v) is 12.5. The number of nitrogens with one attached hydrogen (secondary N) is 6. The van der Waals surface area contributed by atoms with Crippen LogP contribution in [-0.4, -0.2) is 42.7 Å². The van der Waals surface area contributed by atoms with Gasteiger partial charge in [-0.25, -0.2) is 0 Å². The Hall–Kier alpha value is -13.3. The standard InChI is InChI=1S/6C15H13NO/c6*1-17-15-10-11-6-2-4-8-13(11)16-14-9-5-3-7-12(14)15/h6*2-10,16H,1H3. The molecule has 504 valence electrons. The molecule has 0 spiro atoms. The van der Waals surface area contributed by atoms with Crippen LogP contribution in [0.3, 0.4) is 0 Å². The summed E-state index contributed by atoms with van der Waals surface area (Å²) < 4.78 is 32.9. The molecule has 102 heavy (non-hydrogen) atoms. The molecule has 6 aliphatic rings. The number of rotatable bonds is 6. The summed E-state index contributed by atoms with van der Waals surface area (Å²) in [7, 11) is 10.2. The van der Waals surface area contributed by atoms with E-state index in [4.69, 9.17) is 28.4 Å². The second-order valence-electron chi connectivity index (χ2n) is 23.8. The van der Waals surface area contributed by atoms with Gasteiger partial charge in [-0.2, -0.15) is 0 Å². The number of hydrogen-bond acceptors (Lipinski definition) is 12. The first-order chi connectivity index (χ1) is 50.3. The monoisotopic (exact) mass is 1340 g/mol. The number of benzene rings is 12. The van der Waals surface area contributed by atoms with E-state index in [1.54, 1.807) is 42.7 Å². The third kappa shape index (κ3) is 15.5. The lowest BCUT2D eigenvalue weighted by Crippen LogP contribution is -1.94. The van der Waals surface area contributed by atoms with E-state index in [2.05, 4.69) is 214 Å². The molecule has 12 aromatic rings. The van der Waals surface area contributed by atoms with Gasteiger partial charge in [0.1, 0.15) is 34.6 Å². The molecule has 12 aromatic carbocycles. The van der Waals surface area contributed by atoms with Crippen molar-refractivity contribution in [2.45, 2.75) is 0 Å². The SMILES string of the molecule is COC1=Cc2ccccc2Nc2ccccc21.COC1=Cc2ccccc2Nc2ccccc21.COC1=Cc2ccccc2Nc2ccccc21.COC1=Cc2ccccc2Nc2ccccc21.COC1=Cc2ccccc2Nc2ccccc21.COC1=Cc2ccccc2Nc2ccccc21. The van der Waals surface area contributed by atoms with Gasteiger partial charge in [0, 0.05) is 135 Å². The van der Waals surface area contributed by atoms with E-state index in [1.165, 1.54) is 0 Å². The van der Waals surface area contributed by atoms with E-state index in [0.29, 0.717) is 0 Å². The average Bonchev–Trinajstić information content (AvgIpc) is 1.75. The number of methoxy groups -OCH3 is 6. The van der Waals surface area contributed by atoms with Gasteiger partial charge in [0.2, 0.25) is 0 Å². The van der Waals surface area contributed by atoms with E-state index in [1.807, 2.05) is 146 Å². The van der Waals surface area contributed by atoms with E-state index in [-0.39, 0.29) is 0 Å². The molecule has 0 amide bonds. The average molecular weight is 1340 g/mol. The molecule has 12 heteroatoms. The van der Waals surface area contributed by atoms with Crippen LogP contribution in [0.2, 0.25) is 0 Å². The van der Waals surface area contributed by atoms with Gasteiger partial charge in [-0.15, -0.1) is 0 Å². The molecule has 0 saturated carbocycles. The van der Waals surface area contributed by atoms with E-state index in [0.717, 1.165) is 170 Å². The smallest absolute Gasteiger partial charge is 0.128 e. The zero-order valence-electron chi connectivity index (χ0n) is 57.6. The normalized spacial score (nSPS) is 12.6. The molecule has 6 aliphatic heterocycles. The molecule has 0 unspecified atom stereocenters. The Balaban J connectivity index is 0.000000109. The van der Waals surface area contributed by atoms with Crippen molar-refractivity contribution in [3.8, 4) is 0 Å². The van der Waals surface area contributed by atoms with Crippen molar-refractivity contribution in [2.24, 2.45) is 0 Å². The summed E-state index contributed by atoms with van der Waals surface area (Å²) >= 11 is 0. The summed E-state index contributed by atoms with van der Waals surface area (Å²) in [4.78, 5) is 0. The lowest BCUT2D eigenvalue weighted by atomic mass is 10.1. The Morgan fingerprint density at radius 1 is 0.147 bits per heavy atom. The van der Waals surface area contributed by atoms with E-state index >= 15 is 0 Å². The van der Waals surface area contributed by atoms with Crippen LogP contribution in [0, 0.1) is 0 Å². The zero-order chi connectivity index (χ0) is 70.0. The maximum atomic E-state index is 5.48.